The van der Waals surface area contributed by atoms with Crippen molar-refractivity contribution < 1.29 is 0 Å². The number of nitrogens with zero attached hydrogens (tertiary/aromatic N) is 2. The standard InChI is InChI=1S/C13H17N3S2/c1-3-11(14-2)13-16-15-12(18-13)9-17-10-7-5-4-6-8-10/h4-8,11,14H,3,9H2,1-2H3. The molecule has 2 aromatic rings. The molecule has 1 unspecified atom stereocenters. The Morgan fingerprint density at radius 1 is 1.28 bits per heavy atom. The fourth-order valence-corrected chi connectivity index (χ4v) is 3.57. The molecule has 0 bridgehead atoms. The topological polar surface area (TPSA) is 37.8 Å². The zero-order valence-corrected chi connectivity index (χ0v) is 12.2. The molecule has 0 radical (unpaired) electrons. The van der Waals surface area contributed by atoms with Crippen molar-refractivity contribution in [1.29, 1.82) is 0 Å². The summed E-state index contributed by atoms with van der Waals surface area (Å²) >= 11 is 3.51. The summed E-state index contributed by atoms with van der Waals surface area (Å²) in [4.78, 5) is 1.27. The van der Waals surface area contributed by atoms with E-state index in [0.29, 0.717) is 6.04 Å². The quantitative estimate of drug-likeness (QED) is 0.821. The van der Waals surface area contributed by atoms with E-state index in [2.05, 4.69) is 46.7 Å². The Morgan fingerprint density at radius 3 is 2.72 bits per heavy atom. The van der Waals surface area contributed by atoms with Crippen LogP contribution in [0, 0.1) is 0 Å². The number of hydrogen-bond acceptors (Lipinski definition) is 5. The number of rotatable bonds is 6. The van der Waals surface area contributed by atoms with E-state index in [0.717, 1.165) is 22.2 Å². The summed E-state index contributed by atoms with van der Waals surface area (Å²) in [5.41, 5.74) is 0. The van der Waals surface area contributed by atoms with Crippen molar-refractivity contribution in [2.24, 2.45) is 0 Å². The third-order valence-corrected chi connectivity index (χ3v) is 4.89. The van der Waals surface area contributed by atoms with E-state index in [1.807, 2.05) is 13.1 Å². The van der Waals surface area contributed by atoms with Gasteiger partial charge in [-0.1, -0.05) is 36.5 Å². The molecule has 1 heterocycles. The Morgan fingerprint density at radius 2 is 2.06 bits per heavy atom. The van der Waals surface area contributed by atoms with Gasteiger partial charge in [-0.05, 0) is 25.6 Å². The normalized spacial score (nSPS) is 12.6. The van der Waals surface area contributed by atoms with Gasteiger partial charge in [-0.2, -0.15) is 0 Å². The van der Waals surface area contributed by atoms with Crippen molar-refractivity contribution in [2.45, 2.75) is 30.0 Å². The molecule has 0 aliphatic carbocycles. The highest BCUT2D eigenvalue weighted by Crippen LogP contribution is 2.26. The number of benzene rings is 1. The van der Waals surface area contributed by atoms with Crippen LogP contribution >= 0.6 is 23.1 Å². The minimum absolute atomic E-state index is 0.331. The maximum absolute atomic E-state index is 4.26. The first-order chi connectivity index (χ1) is 8.83. The molecule has 5 heteroatoms. The molecule has 0 fully saturated rings. The number of nitrogens with one attached hydrogen (secondary N) is 1. The van der Waals surface area contributed by atoms with Crippen LogP contribution in [-0.4, -0.2) is 17.2 Å². The first-order valence-corrected chi connectivity index (χ1v) is 7.81. The van der Waals surface area contributed by atoms with Crippen molar-refractivity contribution in [2.75, 3.05) is 7.05 Å². The molecule has 0 saturated heterocycles. The molecule has 0 spiro atoms. The van der Waals surface area contributed by atoms with Crippen molar-refractivity contribution in [3.8, 4) is 0 Å². The molecule has 0 aliphatic heterocycles. The molecule has 18 heavy (non-hydrogen) atoms. The average Bonchev–Trinajstić information content (AvgIpc) is 2.88. The number of aromatic nitrogens is 2. The number of thioether (sulfide) groups is 1. The van der Waals surface area contributed by atoms with Crippen LogP contribution < -0.4 is 5.32 Å². The van der Waals surface area contributed by atoms with Gasteiger partial charge in [0.05, 0.1) is 11.8 Å². The smallest absolute Gasteiger partial charge is 0.134 e. The molecule has 96 valence electrons. The lowest BCUT2D eigenvalue weighted by Gasteiger charge is -2.07. The van der Waals surface area contributed by atoms with Gasteiger partial charge in [0.25, 0.3) is 0 Å². The summed E-state index contributed by atoms with van der Waals surface area (Å²) in [6, 6.07) is 10.7. The van der Waals surface area contributed by atoms with Crippen molar-refractivity contribution >= 4 is 23.1 Å². The molecular formula is C13H17N3S2. The minimum atomic E-state index is 0.331. The third kappa shape index (κ3) is 3.54. The Bertz CT molecular complexity index is 466. The van der Waals surface area contributed by atoms with Gasteiger partial charge >= 0.3 is 0 Å². The Hall–Kier alpha value is -0.910. The predicted molar refractivity (Wildman–Crippen MR) is 78.0 cm³/mol. The van der Waals surface area contributed by atoms with Crippen LogP contribution in [0.25, 0.3) is 0 Å². The molecule has 1 aromatic carbocycles. The highest BCUT2D eigenvalue weighted by molar-refractivity contribution is 7.98. The summed E-state index contributed by atoms with van der Waals surface area (Å²) in [6.45, 7) is 2.15. The molecule has 1 atom stereocenters. The van der Waals surface area contributed by atoms with Crippen LogP contribution in [0.2, 0.25) is 0 Å². The highest BCUT2D eigenvalue weighted by atomic mass is 32.2. The van der Waals surface area contributed by atoms with Gasteiger partial charge < -0.3 is 5.32 Å². The van der Waals surface area contributed by atoms with Gasteiger partial charge in [0, 0.05) is 4.90 Å². The fourth-order valence-electron chi connectivity index (χ4n) is 1.63. The zero-order chi connectivity index (χ0) is 12.8. The lowest BCUT2D eigenvalue weighted by Crippen LogP contribution is -2.14. The SMILES string of the molecule is CCC(NC)c1nnc(CSc2ccccc2)s1. The van der Waals surface area contributed by atoms with Gasteiger partial charge in [0.1, 0.15) is 10.0 Å². The van der Waals surface area contributed by atoms with E-state index in [-0.39, 0.29) is 0 Å². The summed E-state index contributed by atoms with van der Waals surface area (Å²) in [6.07, 6.45) is 1.04. The monoisotopic (exact) mass is 279 g/mol. The summed E-state index contributed by atoms with van der Waals surface area (Å²) in [5, 5.41) is 14.0. The van der Waals surface area contributed by atoms with E-state index in [1.165, 1.54) is 4.90 Å². The Labute approximate surface area is 116 Å². The molecule has 0 aliphatic rings. The van der Waals surface area contributed by atoms with Gasteiger partial charge in [0.2, 0.25) is 0 Å². The first-order valence-electron chi connectivity index (χ1n) is 6.01. The van der Waals surface area contributed by atoms with Gasteiger partial charge in [-0.25, -0.2) is 0 Å². The largest absolute Gasteiger partial charge is 0.311 e. The molecule has 0 amide bonds. The van der Waals surface area contributed by atoms with Crippen LogP contribution in [-0.2, 0) is 5.75 Å². The van der Waals surface area contributed by atoms with Gasteiger partial charge in [-0.15, -0.1) is 22.0 Å². The molecular weight excluding hydrogens is 262 g/mol. The van der Waals surface area contributed by atoms with Crippen LogP contribution in [0.5, 0.6) is 0 Å². The average molecular weight is 279 g/mol. The van der Waals surface area contributed by atoms with E-state index < -0.39 is 0 Å². The lowest BCUT2D eigenvalue weighted by atomic mass is 10.2. The van der Waals surface area contributed by atoms with Crippen LogP contribution in [0.3, 0.4) is 0 Å². The van der Waals surface area contributed by atoms with E-state index in [9.17, 15) is 0 Å². The molecule has 2 rings (SSSR count). The third-order valence-electron chi connectivity index (χ3n) is 2.64. The second-order valence-corrected chi connectivity index (χ2v) is 6.03. The van der Waals surface area contributed by atoms with E-state index in [4.69, 9.17) is 0 Å². The fraction of sp³-hybridized carbons (Fsp3) is 0.385. The van der Waals surface area contributed by atoms with Gasteiger partial charge in [0.15, 0.2) is 0 Å². The Kier molecular flexibility index (Phi) is 5.16. The van der Waals surface area contributed by atoms with Crippen molar-refractivity contribution in [3.63, 3.8) is 0 Å². The van der Waals surface area contributed by atoms with Crippen LogP contribution in [0.1, 0.15) is 29.4 Å². The maximum atomic E-state index is 4.26. The maximum Gasteiger partial charge on any atom is 0.134 e. The van der Waals surface area contributed by atoms with Crippen LogP contribution in [0.4, 0.5) is 0 Å². The van der Waals surface area contributed by atoms with Crippen LogP contribution in [0.15, 0.2) is 35.2 Å². The zero-order valence-electron chi connectivity index (χ0n) is 10.6. The second-order valence-electron chi connectivity index (χ2n) is 3.89. The summed E-state index contributed by atoms with van der Waals surface area (Å²) < 4.78 is 0. The van der Waals surface area contributed by atoms with E-state index in [1.54, 1.807) is 23.1 Å². The summed E-state index contributed by atoms with van der Waals surface area (Å²) in [7, 11) is 1.97. The second kappa shape index (κ2) is 6.87. The lowest BCUT2D eigenvalue weighted by molar-refractivity contribution is 0.568. The molecule has 0 saturated carbocycles. The van der Waals surface area contributed by atoms with Crippen molar-refractivity contribution in [1.82, 2.24) is 15.5 Å². The molecule has 1 N–H and O–H groups in total. The minimum Gasteiger partial charge on any atom is -0.311 e. The van der Waals surface area contributed by atoms with Gasteiger partial charge in [-0.3, -0.25) is 0 Å². The first kappa shape index (κ1) is 13.5. The highest BCUT2D eigenvalue weighted by Gasteiger charge is 2.12. The van der Waals surface area contributed by atoms with Crippen molar-refractivity contribution in [3.05, 3.63) is 40.3 Å². The summed E-state index contributed by atoms with van der Waals surface area (Å²) in [5.74, 6) is 0.891. The predicted octanol–water partition coefficient (Wildman–Crippen LogP) is 3.50. The Balaban J connectivity index is 1.95. The molecule has 3 nitrogen and oxygen atoms in total. The van der Waals surface area contributed by atoms with E-state index >= 15 is 0 Å². The molecule has 1 aromatic heterocycles. The number of hydrogen-bond donors (Lipinski definition) is 1.